The molecule has 146 valence electrons. The van der Waals surface area contributed by atoms with E-state index in [2.05, 4.69) is 77.9 Å². The zero-order valence-electron chi connectivity index (χ0n) is 17.8. The van der Waals surface area contributed by atoms with Crippen molar-refractivity contribution in [3.63, 3.8) is 0 Å². The number of pyridine rings is 1. The molecular formula is C26H25NOS. The molecule has 29 heavy (non-hydrogen) atoms. The molecule has 0 atom stereocenters. The lowest BCUT2D eigenvalue weighted by atomic mass is 9.84. The Morgan fingerprint density at radius 2 is 1.76 bits per heavy atom. The van der Waals surface area contributed by atoms with Crippen molar-refractivity contribution in [1.29, 1.82) is 0 Å². The van der Waals surface area contributed by atoms with Crippen LogP contribution in [-0.2, 0) is 5.41 Å². The van der Waals surface area contributed by atoms with Gasteiger partial charge in [0.15, 0.2) is 0 Å². The van der Waals surface area contributed by atoms with Crippen molar-refractivity contribution in [1.82, 2.24) is 4.98 Å². The van der Waals surface area contributed by atoms with Crippen LogP contribution in [0.25, 0.3) is 43.3 Å². The van der Waals surface area contributed by atoms with Crippen molar-refractivity contribution in [2.75, 3.05) is 0 Å². The van der Waals surface area contributed by atoms with Crippen molar-refractivity contribution in [3.05, 3.63) is 64.2 Å². The largest absolute Gasteiger partial charge is 0.455 e. The second-order valence-corrected chi connectivity index (χ2v) is 10.3. The highest BCUT2D eigenvalue weighted by Crippen LogP contribution is 2.43. The molecule has 3 heterocycles. The number of benzene rings is 2. The Kier molecular flexibility index (Phi) is 3.91. The second kappa shape index (κ2) is 6.17. The summed E-state index contributed by atoms with van der Waals surface area (Å²) < 4.78 is 7.75. The standard InChI is InChI=1S/C26H25NOS/c1-14-13-27-20(12-19(14)26(4,5)6)17-8-7-9-18-24-21(28-25(17)18)10-11-22-23(24)15(2)16(3)29-22/h7-13H,1-6H3. The van der Waals surface area contributed by atoms with Crippen LogP contribution in [0, 0.1) is 20.8 Å². The quantitative estimate of drug-likeness (QED) is 0.285. The summed E-state index contributed by atoms with van der Waals surface area (Å²) in [7, 11) is 0. The van der Waals surface area contributed by atoms with Gasteiger partial charge in [-0.1, -0.05) is 32.9 Å². The van der Waals surface area contributed by atoms with Crippen LogP contribution in [0.2, 0.25) is 0 Å². The maximum Gasteiger partial charge on any atom is 0.144 e. The van der Waals surface area contributed by atoms with Crippen LogP contribution in [0.4, 0.5) is 0 Å². The lowest BCUT2D eigenvalue weighted by molar-refractivity contribution is 0.585. The van der Waals surface area contributed by atoms with Crippen LogP contribution in [-0.4, -0.2) is 4.98 Å². The van der Waals surface area contributed by atoms with Gasteiger partial charge >= 0.3 is 0 Å². The number of aryl methyl sites for hydroxylation is 3. The maximum atomic E-state index is 6.43. The van der Waals surface area contributed by atoms with Crippen molar-refractivity contribution < 1.29 is 4.42 Å². The molecule has 0 aliphatic carbocycles. The fraction of sp³-hybridized carbons (Fsp3) is 0.269. The van der Waals surface area contributed by atoms with Crippen LogP contribution in [0.3, 0.4) is 0 Å². The Morgan fingerprint density at radius 3 is 2.52 bits per heavy atom. The number of furan rings is 1. The molecule has 0 aliphatic heterocycles. The normalized spacial score (nSPS) is 12.5. The Bertz CT molecular complexity index is 1410. The summed E-state index contributed by atoms with van der Waals surface area (Å²) in [6, 6.07) is 12.9. The monoisotopic (exact) mass is 399 g/mol. The number of thiophene rings is 1. The third kappa shape index (κ3) is 2.71. The highest BCUT2D eigenvalue weighted by Gasteiger charge is 2.21. The van der Waals surface area contributed by atoms with Gasteiger partial charge in [-0.2, -0.15) is 0 Å². The lowest BCUT2D eigenvalue weighted by Gasteiger charge is -2.22. The van der Waals surface area contributed by atoms with Gasteiger partial charge in [-0.25, -0.2) is 0 Å². The molecule has 0 saturated carbocycles. The van der Waals surface area contributed by atoms with Gasteiger partial charge in [0.2, 0.25) is 0 Å². The first-order valence-corrected chi connectivity index (χ1v) is 10.9. The molecule has 2 nitrogen and oxygen atoms in total. The first kappa shape index (κ1) is 18.4. The minimum atomic E-state index is 0.0705. The van der Waals surface area contributed by atoms with Crippen LogP contribution in [0.5, 0.6) is 0 Å². The Labute approximate surface area is 175 Å². The van der Waals surface area contributed by atoms with Crippen LogP contribution >= 0.6 is 11.3 Å². The van der Waals surface area contributed by atoms with E-state index in [1.807, 2.05) is 17.5 Å². The highest BCUT2D eigenvalue weighted by atomic mass is 32.1. The van der Waals surface area contributed by atoms with Gasteiger partial charge in [-0.3, -0.25) is 4.98 Å². The predicted molar refractivity (Wildman–Crippen MR) is 125 cm³/mol. The van der Waals surface area contributed by atoms with Crippen LogP contribution in [0.1, 0.15) is 42.3 Å². The third-order valence-electron chi connectivity index (χ3n) is 5.98. The summed E-state index contributed by atoms with van der Waals surface area (Å²) in [5.74, 6) is 0. The Morgan fingerprint density at radius 1 is 0.966 bits per heavy atom. The van der Waals surface area contributed by atoms with E-state index in [0.29, 0.717) is 0 Å². The summed E-state index contributed by atoms with van der Waals surface area (Å²) >= 11 is 1.86. The van der Waals surface area contributed by atoms with Gasteiger partial charge in [0.1, 0.15) is 11.2 Å². The molecule has 0 fully saturated rings. The van der Waals surface area contributed by atoms with E-state index < -0.39 is 0 Å². The molecule has 0 unspecified atom stereocenters. The fourth-order valence-electron chi connectivity index (χ4n) is 4.43. The minimum absolute atomic E-state index is 0.0705. The molecule has 5 aromatic rings. The topological polar surface area (TPSA) is 26.0 Å². The Hall–Kier alpha value is -2.65. The molecular weight excluding hydrogens is 374 g/mol. The number of nitrogens with zero attached hydrogens (tertiary/aromatic N) is 1. The average Bonchev–Trinajstić information content (AvgIpc) is 3.18. The molecule has 0 N–H and O–H groups in total. The summed E-state index contributed by atoms with van der Waals surface area (Å²) in [5, 5.41) is 3.72. The van der Waals surface area contributed by atoms with E-state index >= 15 is 0 Å². The first-order valence-electron chi connectivity index (χ1n) is 10.1. The minimum Gasteiger partial charge on any atom is -0.455 e. The average molecular weight is 400 g/mol. The fourth-order valence-corrected chi connectivity index (χ4v) is 5.50. The summed E-state index contributed by atoms with van der Waals surface area (Å²) in [4.78, 5) is 6.14. The van der Waals surface area contributed by atoms with E-state index in [9.17, 15) is 0 Å². The zero-order valence-corrected chi connectivity index (χ0v) is 18.6. The van der Waals surface area contributed by atoms with E-state index in [4.69, 9.17) is 9.40 Å². The summed E-state index contributed by atoms with van der Waals surface area (Å²) in [6.45, 7) is 13.3. The van der Waals surface area contributed by atoms with Crippen molar-refractivity contribution >= 4 is 43.4 Å². The smallest absolute Gasteiger partial charge is 0.144 e. The van der Waals surface area contributed by atoms with Gasteiger partial charge in [-0.15, -0.1) is 11.3 Å². The number of rotatable bonds is 1. The SMILES string of the molecule is Cc1cnc(-c2cccc3c2oc2ccc4sc(C)c(C)c4c23)cc1C(C)(C)C. The number of para-hydroxylation sites is 1. The van der Waals surface area contributed by atoms with Crippen LogP contribution < -0.4 is 0 Å². The number of hydrogen-bond donors (Lipinski definition) is 0. The summed E-state index contributed by atoms with van der Waals surface area (Å²) in [5.41, 5.74) is 7.87. The molecule has 0 amide bonds. The molecule has 3 aromatic heterocycles. The van der Waals surface area contributed by atoms with Crippen molar-refractivity contribution in [2.24, 2.45) is 0 Å². The highest BCUT2D eigenvalue weighted by molar-refractivity contribution is 7.19. The molecule has 0 saturated heterocycles. The molecule has 2 aromatic carbocycles. The predicted octanol–water partition coefficient (Wildman–Crippen LogP) is 8.09. The van der Waals surface area contributed by atoms with Gasteiger partial charge in [0.25, 0.3) is 0 Å². The number of fused-ring (bicyclic) bond motifs is 5. The third-order valence-corrected chi connectivity index (χ3v) is 7.15. The van der Waals surface area contributed by atoms with E-state index in [1.165, 1.54) is 42.4 Å². The number of aromatic nitrogens is 1. The van der Waals surface area contributed by atoms with Gasteiger partial charge in [-0.05, 0) is 67.1 Å². The molecule has 0 spiro atoms. The van der Waals surface area contributed by atoms with Crippen LogP contribution in [0.15, 0.2) is 47.0 Å². The molecule has 5 rings (SSSR count). The Balaban J connectivity index is 1.85. The maximum absolute atomic E-state index is 6.43. The second-order valence-electron chi connectivity index (χ2n) is 9.01. The van der Waals surface area contributed by atoms with Crippen molar-refractivity contribution in [3.8, 4) is 11.3 Å². The molecule has 3 heteroatoms. The van der Waals surface area contributed by atoms with Gasteiger partial charge in [0, 0.05) is 37.5 Å². The van der Waals surface area contributed by atoms with Gasteiger partial charge in [0.05, 0.1) is 5.69 Å². The van der Waals surface area contributed by atoms with E-state index in [0.717, 1.165) is 22.4 Å². The summed E-state index contributed by atoms with van der Waals surface area (Å²) in [6.07, 6.45) is 1.99. The molecule has 0 radical (unpaired) electrons. The zero-order chi connectivity index (χ0) is 20.5. The molecule has 0 aliphatic rings. The number of hydrogen-bond acceptors (Lipinski definition) is 3. The van der Waals surface area contributed by atoms with E-state index in [1.54, 1.807) is 0 Å². The lowest BCUT2D eigenvalue weighted by Crippen LogP contribution is -2.13. The van der Waals surface area contributed by atoms with E-state index in [-0.39, 0.29) is 5.41 Å². The van der Waals surface area contributed by atoms with Gasteiger partial charge < -0.3 is 4.42 Å². The first-order chi connectivity index (χ1) is 13.8. The van der Waals surface area contributed by atoms with Crippen molar-refractivity contribution in [2.45, 2.75) is 47.0 Å². The molecule has 0 bridgehead atoms.